The molecule has 3 rings (SSSR count). The molecule has 1 unspecified atom stereocenters. The molecule has 3 aromatic rings. The first-order chi connectivity index (χ1) is 10.9. The molecule has 0 N–H and O–H groups in total. The van der Waals surface area contributed by atoms with Crippen LogP contribution >= 0.6 is 17.2 Å². The third kappa shape index (κ3) is 4.82. The summed E-state index contributed by atoms with van der Waals surface area (Å²) < 4.78 is 0. The van der Waals surface area contributed by atoms with Crippen molar-refractivity contribution in [1.82, 2.24) is 0 Å². The molecule has 0 aliphatic carbocycles. The second kappa shape index (κ2) is 11.3. The molecule has 0 aliphatic heterocycles. The van der Waals surface area contributed by atoms with Crippen molar-refractivity contribution in [2.75, 3.05) is 6.16 Å². The Morgan fingerprint density at radius 1 is 0.600 bits per heavy atom. The van der Waals surface area contributed by atoms with E-state index in [1.54, 1.807) is 0 Å². The maximum Gasteiger partial charge on any atom is 0.159 e. The van der Waals surface area contributed by atoms with Gasteiger partial charge < -0.3 is 24.8 Å². The zero-order valence-corrected chi connectivity index (χ0v) is 18.4. The van der Waals surface area contributed by atoms with Crippen molar-refractivity contribution in [3.63, 3.8) is 0 Å². The first kappa shape index (κ1) is 23.6. The van der Waals surface area contributed by atoms with E-state index in [2.05, 4.69) is 78.9 Å². The fraction of sp³-hybridized carbons (Fsp3) is 0.0500. The van der Waals surface area contributed by atoms with Gasteiger partial charge in [-0.2, -0.15) is 5.26 Å². The van der Waals surface area contributed by atoms with Crippen LogP contribution < -0.4 is 40.7 Å². The van der Waals surface area contributed by atoms with Crippen LogP contribution in [0, 0.1) is 11.3 Å². The lowest BCUT2D eigenvalue weighted by molar-refractivity contribution is -0.00100. The summed E-state index contributed by atoms with van der Waals surface area (Å²) in [5, 5.41) is 13.3. The predicted molar refractivity (Wildman–Crippen MR) is 108 cm³/mol. The summed E-state index contributed by atoms with van der Waals surface area (Å²) in [5.41, 5.74) is 0. The fourth-order valence-corrected chi connectivity index (χ4v) is 6.57. The molecule has 0 amide bonds. The van der Waals surface area contributed by atoms with Crippen LogP contribution in [0.25, 0.3) is 0 Å². The van der Waals surface area contributed by atoms with Gasteiger partial charge in [-0.25, -0.2) is 0 Å². The Labute approximate surface area is 166 Å². The maximum absolute atomic E-state index is 9.56. The van der Waals surface area contributed by atoms with E-state index < -0.39 is 7.26 Å². The molecule has 0 aliphatic rings. The minimum atomic E-state index is -1.91. The van der Waals surface area contributed by atoms with Crippen molar-refractivity contribution in [3.05, 3.63) is 91.0 Å². The van der Waals surface area contributed by atoms with Crippen LogP contribution in [0.1, 0.15) is 0 Å². The van der Waals surface area contributed by atoms with Gasteiger partial charge in [0.25, 0.3) is 0 Å². The molecule has 130 valence electrons. The van der Waals surface area contributed by atoms with Gasteiger partial charge in [0, 0.05) is 0 Å². The van der Waals surface area contributed by atoms with Gasteiger partial charge in [-0.3, -0.25) is 0 Å². The Bertz CT molecular complexity index is 678. The lowest BCUT2D eigenvalue weighted by Crippen LogP contribution is -3.00. The Balaban J connectivity index is 0.00000192. The van der Waals surface area contributed by atoms with Gasteiger partial charge in [0.1, 0.15) is 29.2 Å². The number of benzene rings is 3. The summed E-state index contributed by atoms with van der Waals surface area (Å²) in [4.78, 5) is 0. The molecular formula is C20H21Cl2NP2. The minimum absolute atomic E-state index is 0. The zero-order valence-electron chi connectivity index (χ0n) is 14.0. The predicted octanol–water partition coefficient (Wildman–Crippen LogP) is -2.70. The minimum Gasteiger partial charge on any atom is -1.00 e. The Hall–Kier alpha value is -1.41. The van der Waals surface area contributed by atoms with E-state index in [0.29, 0.717) is 6.16 Å². The Morgan fingerprint density at radius 3 is 1.12 bits per heavy atom. The molecule has 3 aromatic carbocycles. The van der Waals surface area contributed by atoms with E-state index in [0.717, 1.165) is 0 Å². The number of hydrogen-bond acceptors (Lipinski definition) is 1. The van der Waals surface area contributed by atoms with Crippen molar-refractivity contribution in [1.29, 1.82) is 5.26 Å². The SMILES string of the molecule is N#CC[P+](c1ccccc1)(c1ccccc1)c1ccccc1.[Cl-].[Cl-].[PH4+]. The molecule has 1 nitrogen and oxygen atoms in total. The molecule has 0 fully saturated rings. The Morgan fingerprint density at radius 2 is 0.880 bits per heavy atom. The first-order valence-corrected chi connectivity index (χ1v) is 9.27. The van der Waals surface area contributed by atoms with Gasteiger partial charge in [-0.1, -0.05) is 54.6 Å². The van der Waals surface area contributed by atoms with Crippen LogP contribution in [0.4, 0.5) is 0 Å². The normalized spacial score (nSPS) is 9.56. The molecule has 0 saturated heterocycles. The second-order valence-electron chi connectivity index (χ2n) is 5.13. The van der Waals surface area contributed by atoms with Crippen molar-refractivity contribution >= 4 is 33.1 Å². The lowest BCUT2D eigenvalue weighted by atomic mass is 10.4. The number of hydrogen-bond donors (Lipinski definition) is 0. The van der Waals surface area contributed by atoms with Crippen molar-refractivity contribution in [2.24, 2.45) is 0 Å². The number of halogens is 2. The highest BCUT2D eigenvalue weighted by Gasteiger charge is 2.45. The van der Waals surface area contributed by atoms with Crippen molar-refractivity contribution in [3.8, 4) is 6.07 Å². The highest BCUT2D eigenvalue weighted by molar-refractivity contribution is 7.95. The Kier molecular flexibility index (Phi) is 10.6. The molecule has 0 radical (unpaired) electrons. The zero-order chi connectivity index (χ0) is 15.3. The van der Waals surface area contributed by atoms with E-state index in [1.807, 2.05) is 18.2 Å². The van der Waals surface area contributed by atoms with Crippen LogP contribution in [0.15, 0.2) is 91.0 Å². The summed E-state index contributed by atoms with van der Waals surface area (Å²) in [7, 11) is -1.91. The van der Waals surface area contributed by atoms with Gasteiger partial charge in [0.2, 0.25) is 0 Å². The number of nitriles is 1. The van der Waals surface area contributed by atoms with Crippen LogP contribution in [-0.2, 0) is 0 Å². The number of rotatable bonds is 4. The molecule has 5 heteroatoms. The summed E-state index contributed by atoms with van der Waals surface area (Å²) in [6.45, 7) is 0. The first-order valence-electron chi connectivity index (χ1n) is 7.30. The van der Waals surface area contributed by atoms with Gasteiger partial charge in [0.05, 0.1) is 0 Å². The van der Waals surface area contributed by atoms with Gasteiger partial charge in [-0.05, 0) is 46.3 Å². The van der Waals surface area contributed by atoms with E-state index in [9.17, 15) is 5.26 Å². The summed E-state index contributed by atoms with van der Waals surface area (Å²) >= 11 is 0. The monoisotopic (exact) mass is 407 g/mol. The summed E-state index contributed by atoms with van der Waals surface area (Å²) in [6, 6.07) is 33.9. The van der Waals surface area contributed by atoms with E-state index in [4.69, 9.17) is 0 Å². The molecule has 0 bridgehead atoms. The van der Waals surface area contributed by atoms with E-state index >= 15 is 0 Å². The second-order valence-corrected chi connectivity index (χ2v) is 8.62. The summed E-state index contributed by atoms with van der Waals surface area (Å²) in [5.74, 6) is 0. The van der Waals surface area contributed by atoms with Crippen molar-refractivity contribution in [2.45, 2.75) is 0 Å². The maximum atomic E-state index is 9.56. The molecule has 0 saturated carbocycles. The topological polar surface area (TPSA) is 23.8 Å². The quantitative estimate of drug-likeness (QED) is 0.432. The average molecular weight is 408 g/mol. The molecule has 25 heavy (non-hydrogen) atoms. The summed E-state index contributed by atoms with van der Waals surface area (Å²) in [6.07, 6.45) is 0.519. The molecular weight excluding hydrogens is 387 g/mol. The third-order valence-electron chi connectivity index (χ3n) is 3.90. The van der Waals surface area contributed by atoms with Gasteiger partial charge >= 0.3 is 0 Å². The molecule has 0 heterocycles. The molecule has 0 spiro atoms. The van der Waals surface area contributed by atoms with E-state index in [-0.39, 0.29) is 34.7 Å². The molecule has 1 atom stereocenters. The smallest absolute Gasteiger partial charge is 0.159 e. The average Bonchev–Trinajstić information content (AvgIpc) is 2.62. The van der Waals surface area contributed by atoms with Gasteiger partial charge in [-0.15, -0.1) is 0 Å². The van der Waals surface area contributed by atoms with E-state index in [1.165, 1.54) is 15.9 Å². The van der Waals surface area contributed by atoms with Crippen molar-refractivity contribution < 1.29 is 24.8 Å². The third-order valence-corrected chi connectivity index (χ3v) is 8.05. The van der Waals surface area contributed by atoms with Crippen LogP contribution in [-0.4, -0.2) is 6.16 Å². The van der Waals surface area contributed by atoms with Crippen LogP contribution in [0.2, 0.25) is 0 Å². The highest BCUT2D eigenvalue weighted by atomic mass is 35.5. The lowest BCUT2D eigenvalue weighted by Gasteiger charge is -2.25. The molecule has 0 aromatic heterocycles. The number of nitrogens with zero attached hydrogens (tertiary/aromatic N) is 1. The fourth-order valence-electron chi connectivity index (χ4n) is 2.87. The highest BCUT2D eigenvalue weighted by Crippen LogP contribution is 2.54. The van der Waals surface area contributed by atoms with Crippen LogP contribution in [0.5, 0.6) is 0 Å². The van der Waals surface area contributed by atoms with Gasteiger partial charge in [0.15, 0.2) is 6.16 Å². The largest absolute Gasteiger partial charge is 1.00 e. The van der Waals surface area contributed by atoms with Crippen LogP contribution in [0.3, 0.4) is 0 Å². The standard InChI is InChI=1S/C20H17NP.2ClH.H3P/c21-16-17-22(18-10-4-1-5-11-18,19-12-6-2-7-13-19)20-14-8-3-9-15-20;;;/h1-15H,17H2;2*1H;1H3/q+1;;;/p-1.